The van der Waals surface area contributed by atoms with E-state index < -0.39 is 32.8 Å². The molecular weight excluding hydrogens is 693 g/mol. The summed E-state index contributed by atoms with van der Waals surface area (Å²) < 4.78 is 29.7. The first-order chi connectivity index (χ1) is 24.7. The highest BCUT2D eigenvalue weighted by molar-refractivity contribution is 7.46. The molecule has 1 unspecified atom stereocenters. The van der Waals surface area contributed by atoms with E-state index in [1.165, 1.54) is 11.2 Å². The molecule has 2 aliphatic rings. The minimum absolute atomic E-state index is 0.00401. The Bertz CT molecular complexity index is 2030. The molecule has 2 fully saturated rings. The molecule has 17 heteroatoms. The summed E-state index contributed by atoms with van der Waals surface area (Å²) in [6.45, 7) is 9.25. The van der Waals surface area contributed by atoms with Crippen LogP contribution in [0.15, 0.2) is 30.7 Å². The summed E-state index contributed by atoms with van der Waals surface area (Å²) in [7, 11) is -4.82. The van der Waals surface area contributed by atoms with Crippen LogP contribution in [0, 0.1) is 13.8 Å². The number of nitrogens with zero attached hydrogens (tertiary/aromatic N) is 6. The second-order valence-corrected chi connectivity index (χ2v) is 15.2. The summed E-state index contributed by atoms with van der Waals surface area (Å²) in [6.07, 6.45) is 5.74. The molecule has 1 atom stereocenters. The van der Waals surface area contributed by atoms with Gasteiger partial charge < -0.3 is 29.9 Å². The van der Waals surface area contributed by atoms with Gasteiger partial charge in [-0.2, -0.15) is 5.10 Å². The van der Waals surface area contributed by atoms with Crippen molar-refractivity contribution in [2.75, 3.05) is 39.6 Å². The van der Waals surface area contributed by atoms with Gasteiger partial charge in [-0.05, 0) is 105 Å². The van der Waals surface area contributed by atoms with Crippen LogP contribution in [0.25, 0.3) is 27.8 Å². The lowest BCUT2D eigenvalue weighted by molar-refractivity contribution is -0.119. The zero-order valence-corrected chi connectivity index (χ0v) is 30.8. The van der Waals surface area contributed by atoms with Crippen LogP contribution in [-0.2, 0) is 23.4 Å². The SMILES string of the molecule is Cc1c(-c2c(C(C)C)c3cc(C4CCN(CC(N)=O)CC4)ccc3n2C(=O)OCC2CCCCN2C(=O)OCOP(=O)(O)O)cn2ncnc2c1C. The average molecular weight is 740 g/mol. The lowest BCUT2D eigenvalue weighted by Gasteiger charge is -2.34. The van der Waals surface area contributed by atoms with Crippen molar-refractivity contribution in [3.8, 4) is 11.3 Å². The minimum Gasteiger partial charge on any atom is -0.447 e. The number of aromatic nitrogens is 4. The summed E-state index contributed by atoms with van der Waals surface area (Å²) in [5.41, 5.74) is 12.4. The molecule has 0 spiro atoms. The molecule has 1 aromatic carbocycles. The van der Waals surface area contributed by atoms with Crippen LogP contribution in [0.3, 0.4) is 0 Å². The number of carbonyl (C=O) groups is 3. The van der Waals surface area contributed by atoms with Gasteiger partial charge in [0.25, 0.3) is 0 Å². The number of rotatable bonds is 10. The number of aryl methyl sites for hydroxylation is 1. The van der Waals surface area contributed by atoms with E-state index in [9.17, 15) is 18.9 Å². The van der Waals surface area contributed by atoms with Gasteiger partial charge in [0.1, 0.15) is 12.9 Å². The Hall–Kier alpha value is -4.34. The van der Waals surface area contributed by atoms with Gasteiger partial charge in [-0.3, -0.25) is 9.69 Å². The number of pyridine rings is 1. The van der Waals surface area contributed by atoms with Crippen LogP contribution in [0.1, 0.15) is 80.0 Å². The Morgan fingerprint density at radius 1 is 1.02 bits per heavy atom. The second-order valence-electron chi connectivity index (χ2n) is 13.9. The number of amides is 2. The van der Waals surface area contributed by atoms with E-state index in [0.717, 1.165) is 71.2 Å². The number of hydrogen-bond donors (Lipinski definition) is 3. The second kappa shape index (κ2) is 15.3. The quantitative estimate of drug-likeness (QED) is 0.148. The minimum atomic E-state index is -4.82. The smallest absolute Gasteiger partial charge is 0.447 e. The average Bonchev–Trinajstić information content (AvgIpc) is 3.71. The van der Waals surface area contributed by atoms with Crippen molar-refractivity contribution in [3.63, 3.8) is 0 Å². The van der Waals surface area contributed by atoms with Gasteiger partial charge in [0.15, 0.2) is 5.65 Å². The summed E-state index contributed by atoms with van der Waals surface area (Å²) in [5, 5.41) is 5.34. The Morgan fingerprint density at radius 3 is 2.46 bits per heavy atom. The normalized spacial score (nSPS) is 17.7. The maximum atomic E-state index is 14.4. The summed E-state index contributed by atoms with van der Waals surface area (Å²) in [6, 6.07) is 5.70. The number of likely N-dealkylation sites (tertiary alicyclic amines) is 2. The van der Waals surface area contributed by atoms with E-state index in [1.807, 2.05) is 26.1 Å². The van der Waals surface area contributed by atoms with Gasteiger partial charge in [0.05, 0.1) is 23.8 Å². The van der Waals surface area contributed by atoms with Gasteiger partial charge in [0, 0.05) is 23.7 Å². The fourth-order valence-electron chi connectivity index (χ4n) is 7.59. The van der Waals surface area contributed by atoms with E-state index in [1.54, 1.807) is 9.08 Å². The molecule has 3 aromatic heterocycles. The van der Waals surface area contributed by atoms with Crippen LogP contribution in [0.2, 0.25) is 0 Å². The van der Waals surface area contributed by atoms with Crippen molar-refractivity contribution in [1.82, 2.24) is 29.0 Å². The maximum absolute atomic E-state index is 14.4. The topological polar surface area (TPSA) is 204 Å². The number of benzene rings is 1. The zero-order chi connectivity index (χ0) is 37.3. The molecule has 4 N–H and O–H groups in total. The summed E-state index contributed by atoms with van der Waals surface area (Å²) >= 11 is 0. The lowest BCUT2D eigenvalue weighted by Crippen LogP contribution is -2.47. The number of carbonyl (C=O) groups excluding carboxylic acids is 3. The Kier molecular flexibility index (Phi) is 11.0. The highest BCUT2D eigenvalue weighted by atomic mass is 31.2. The molecular formula is C35H46N7O9P. The number of fused-ring (bicyclic) bond motifs is 2. The standard InChI is InChI=1S/C35H46N7O9P/c1-21(2)31-27-15-25(24-10-13-39(14-11-24)17-30(36)43)8-9-29(27)42(32(31)28-16-41-33(37-19-38-41)23(4)22(28)3)35(45)49-18-26-7-5-6-12-40(26)34(44)50-20-51-52(46,47)48/h8-9,15-16,19,21,24,26H,5-7,10-14,17-18,20H2,1-4H3,(H2,36,43)(H2,46,47,48). The summed E-state index contributed by atoms with van der Waals surface area (Å²) in [4.78, 5) is 64.6. The van der Waals surface area contributed by atoms with Crippen LogP contribution in [0.4, 0.5) is 9.59 Å². The van der Waals surface area contributed by atoms with E-state index in [-0.39, 0.29) is 30.9 Å². The van der Waals surface area contributed by atoms with Gasteiger partial charge in [-0.1, -0.05) is 19.9 Å². The number of ether oxygens (including phenoxy) is 2. The summed E-state index contributed by atoms with van der Waals surface area (Å²) in [5.74, 6) is -0.0584. The van der Waals surface area contributed by atoms with Gasteiger partial charge in [-0.25, -0.2) is 32.7 Å². The molecule has 2 saturated heterocycles. The molecule has 2 aliphatic heterocycles. The van der Waals surface area contributed by atoms with E-state index in [4.69, 9.17) is 25.0 Å². The number of phosphoric ester groups is 1. The molecule has 280 valence electrons. The van der Waals surface area contributed by atoms with Crippen molar-refractivity contribution in [1.29, 1.82) is 0 Å². The largest absolute Gasteiger partial charge is 0.472 e. The van der Waals surface area contributed by atoms with Crippen LogP contribution < -0.4 is 5.73 Å². The van der Waals surface area contributed by atoms with Gasteiger partial charge >= 0.3 is 20.0 Å². The van der Waals surface area contributed by atoms with Crippen LogP contribution in [0.5, 0.6) is 0 Å². The molecule has 0 saturated carbocycles. The predicted octanol–water partition coefficient (Wildman–Crippen LogP) is 4.80. The fraction of sp³-hybridized carbons (Fsp3) is 0.514. The van der Waals surface area contributed by atoms with Crippen LogP contribution >= 0.6 is 7.82 Å². The predicted molar refractivity (Wildman–Crippen MR) is 191 cm³/mol. The molecule has 4 aromatic rings. The third-order valence-corrected chi connectivity index (χ3v) is 10.7. The number of primary amides is 1. The monoisotopic (exact) mass is 739 g/mol. The number of phosphoric acid groups is 1. The lowest BCUT2D eigenvalue weighted by atomic mass is 9.87. The van der Waals surface area contributed by atoms with E-state index in [0.29, 0.717) is 30.6 Å². The fourth-order valence-corrected chi connectivity index (χ4v) is 7.78. The molecule has 5 heterocycles. The first-order valence-electron chi connectivity index (χ1n) is 17.5. The first kappa shape index (κ1) is 37.4. The molecule has 0 radical (unpaired) electrons. The van der Waals surface area contributed by atoms with Crippen molar-refractivity contribution in [2.45, 2.75) is 77.7 Å². The third kappa shape index (κ3) is 7.86. The molecule has 16 nitrogen and oxygen atoms in total. The van der Waals surface area contributed by atoms with Gasteiger partial charge in [0.2, 0.25) is 12.7 Å². The Balaban J connectivity index is 1.37. The molecule has 0 bridgehead atoms. The number of hydrogen-bond acceptors (Lipinski definition) is 10. The van der Waals surface area contributed by atoms with Crippen LogP contribution in [-0.4, -0.2) is 102 Å². The Morgan fingerprint density at radius 2 is 1.77 bits per heavy atom. The van der Waals surface area contributed by atoms with Gasteiger partial charge in [-0.15, -0.1) is 0 Å². The van der Waals surface area contributed by atoms with Crippen molar-refractivity contribution < 1.29 is 42.7 Å². The molecule has 52 heavy (non-hydrogen) atoms. The molecule has 2 amide bonds. The van der Waals surface area contributed by atoms with Crippen molar-refractivity contribution in [3.05, 3.63) is 53.0 Å². The third-order valence-electron chi connectivity index (χ3n) is 10.3. The Labute approximate surface area is 301 Å². The molecule has 6 rings (SSSR count). The highest BCUT2D eigenvalue weighted by Gasteiger charge is 2.33. The molecule has 0 aliphatic carbocycles. The number of nitrogens with two attached hydrogens (primary N) is 1. The highest BCUT2D eigenvalue weighted by Crippen LogP contribution is 2.42. The number of piperidine rings is 2. The maximum Gasteiger partial charge on any atom is 0.472 e. The first-order valence-corrected chi connectivity index (χ1v) is 19.1. The van der Waals surface area contributed by atoms with E-state index >= 15 is 0 Å². The van der Waals surface area contributed by atoms with Crippen molar-refractivity contribution >= 4 is 42.5 Å². The van der Waals surface area contributed by atoms with Crippen molar-refractivity contribution in [2.24, 2.45) is 5.73 Å². The van der Waals surface area contributed by atoms with E-state index in [2.05, 4.69) is 45.5 Å². The zero-order valence-electron chi connectivity index (χ0n) is 29.9.